The maximum atomic E-state index is 12.2. The van der Waals surface area contributed by atoms with E-state index in [-0.39, 0.29) is 11.7 Å². The number of anilines is 1. The van der Waals surface area contributed by atoms with Gasteiger partial charge >= 0.3 is 0 Å². The predicted molar refractivity (Wildman–Crippen MR) is 108 cm³/mol. The Morgan fingerprint density at radius 3 is 2.65 bits per heavy atom. The van der Waals surface area contributed by atoms with E-state index in [1.807, 2.05) is 61.7 Å². The van der Waals surface area contributed by atoms with E-state index in [9.17, 15) is 4.79 Å². The summed E-state index contributed by atoms with van der Waals surface area (Å²) >= 11 is 2.93. The molecule has 2 heterocycles. The van der Waals surface area contributed by atoms with Crippen LogP contribution < -0.4 is 5.32 Å². The fourth-order valence-electron chi connectivity index (χ4n) is 2.24. The molecule has 0 aliphatic heterocycles. The van der Waals surface area contributed by atoms with Crippen molar-refractivity contribution in [3.05, 3.63) is 69.7 Å². The lowest BCUT2D eigenvalue weighted by Gasteiger charge is -2.06. The number of amides is 1. The Labute approximate surface area is 161 Å². The average molecular weight is 380 g/mol. The van der Waals surface area contributed by atoms with Crippen molar-refractivity contribution in [3.63, 3.8) is 0 Å². The first-order chi connectivity index (χ1) is 12.6. The fourth-order valence-corrected chi connectivity index (χ4v) is 3.56. The SMILES string of the molecule is Cc1cc(C)nc(SCC(=O)Nc2cccc(C#Cc3cccs3)c2)n1. The zero-order valence-electron chi connectivity index (χ0n) is 14.4. The zero-order valence-corrected chi connectivity index (χ0v) is 16.1. The molecule has 1 N–H and O–H groups in total. The van der Waals surface area contributed by atoms with Crippen LogP contribution in [-0.4, -0.2) is 21.6 Å². The van der Waals surface area contributed by atoms with Crippen LogP contribution in [0, 0.1) is 25.7 Å². The van der Waals surface area contributed by atoms with Gasteiger partial charge in [0.1, 0.15) is 0 Å². The summed E-state index contributed by atoms with van der Waals surface area (Å²) in [4.78, 5) is 21.9. The minimum absolute atomic E-state index is 0.0962. The van der Waals surface area contributed by atoms with E-state index in [1.165, 1.54) is 11.8 Å². The standard InChI is InChI=1S/C20H17N3OS2/c1-14-11-15(2)22-20(21-14)26-13-19(24)23-17-6-3-5-16(12-17)8-9-18-7-4-10-25-18/h3-7,10-12H,13H2,1-2H3,(H,23,24). The fraction of sp³-hybridized carbons (Fsp3) is 0.150. The summed E-state index contributed by atoms with van der Waals surface area (Å²) in [5, 5.41) is 5.51. The molecule has 3 aromatic rings. The lowest BCUT2D eigenvalue weighted by atomic mass is 10.2. The number of nitrogens with zero attached hydrogens (tertiary/aromatic N) is 2. The van der Waals surface area contributed by atoms with Gasteiger partial charge in [-0.3, -0.25) is 4.79 Å². The van der Waals surface area contributed by atoms with Gasteiger partial charge in [0.05, 0.1) is 10.6 Å². The van der Waals surface area contributed by atoms with Gasteiger partial charge in [-0.05, 0) is 49.6 Å². The molecule has 130 valence electrons. The number of nitrogens with one attached hydrogen (secondary N) is 1. The quantitative estimate of drug-likeness (QED) is 0.417. The zero-order chi connectivity index (χ0) is 18.4. The molecule has 26 heavy (non-hydrogen) atoms. The van der Waals surface area contributed by atoms with Crippen molar-refractivity contribution in [2.75, 3.05) is 11.1 Å². The molecular formula is C20H17N3OS2. The lowest BCUT2D eigenvalue weighted by Crippen LogP contribution is -2.14. The molecule has 0 radical (unpaired) electrons. The van der Waals surface area contributed by atoms with E-state index in [4.69, 9.17) is 0 Å². The molecule has 0 aliphatic rings. The summed E-state index contributed by atoms with van der Waals surface area (Å²) in [5.41, 5.74) is 3.39. The largest absolute Gasteiger partial charge is 0.325 e. The van der Waals surface area contributed by atoms with E-state index in [0.29, 0.717) is 5.16 Å². The number of hydrogen-bond acceptors (Lipinski definition) is 5. The summed E-state index contributed by atoms with van der Waals surface area (Å²) in [6, 6.07) is 13.4. The first kappa shape index (κ1) is 18.2. The smallest absolute Gasteiger partial charge is 0.234 e. The minimum Gasteiger partial charge on any atom is -0.325 e. The number of hydrogen-bond donors (Lipinski definition) is 1. The van der Waals surface area contributed by atoms with Crippen molar-refractivity contribution in [1.82, 2.24) is 9.97 Å². The molecule has 0 saturated carbocycles. The van der Waals surface area contributed by atoms with Gasteiger partial charge in [-0.1, -0.05) is 35.7 Å². The first-order valence-electron chi connectivity index (χ1n) is 7.99. The number of aryl methyl sites for hydroxylation is 2. The van der Waals surface area contributed by atoms with Crippen molar-refractivity contribution >= 4 is 34.7 Å². The molecule has 2 aromatic heterocycles. The molecule has 3 rings (SSSR count). The Morgan fingerprint density at radius 1 is 1.12 bits per heavy atom. The van der Waals surface area contributed by atoms with Crippen molar-refractivity contribution in [1.29, 1.82) is 0 Å². The highest BCUT2D eigenvalue weighted by molar-refractivity contribution is 7.99. The minimum atomic E-state index is -0.0962. The predicted octanol–water partition coefficient (Wildman–Crippen LogP) is 4.29. The van der Waals surface area contributed by atoms with E-state index >= 15 is 0 Å². The van der Waals surface area contributed by atoms with Gasteiger partial charge in [0.15, 0.2) is 5.16 Å². The Morgan fingerprint density at radius 2 is 1.92 bits per heavy atom. The Hall–Kier alpha value is -2.62. The highest BCUT2D eigenvalue weighted by Crippen LogP contribution is 2.16. The van der Waals surface area contributed by atoms with E-state index < -0.39 is 0 Å². The summed E-state index contributed by atoms with van der Waals surface area (Å²) in [6.07, 6.45) is 0. The molecule has 1 aromatic carbocycles. The van der Waals surface area contributed by atoms with Crippen molar-refractivity contribution in [2.45, 2.75) is 19.0 Å². The van der Waals surface area contributed by atoms with Crippen LogP contribution in [0.25, 0.3) is 0 Å². The number of benzene rings is 1. The number of aromatic nitrogens is 2. The molecule has 0 spiro atoms. The topological polar surface area (TPSA) is 54.9 Å². The summed E-state index contributed by atoms with van der Waals surface area (Å²) in [5.74, 6) is 6.39. The number of thiophene rings is 1. The van der Waals surface area contributed by atoms with Gasteiger partial charge in [0, 0.05) is 22.6 Å². The first-order valence-corrected chi connectivity index (χ1v) is 9.85. The molecule has 4 nitrogen and oxygen atoms in total. The average Bonchev–Trinajstić information content (AvgIpc) is 3.11. The van der Waals surface area contributed by atoms with Crippen LogP contribution in [0.3, 0.4) is 0 Å². The molecule has 0 unspecified atom stereocenters. The summed E-state index contributed by atoms with van der Waals surface area (Å²) < 4.78 is 0. The van der Waals surface area contributed by atoms with Crippen LogP contribution in [0.15, 0.2) is 53.0 Å². The molecule has 6 heteroatoms. The number of rotatable bonds is 4. The molecular weight excluding hydrogens is 362 g/mol. The van der Waals surface area contributed by atoms with Gasteiger partial charge in [0.2, 0.25) is 5.91 Å². The highest BCUT2D eigenvalue weighted by Gasteiger charge is 2.07. The maximum absolute atomic E-state index is 12.2. The van der Waals surface area contributed by atoms with Crippen LogP contribution >= 0.6 is 23.1 Å². The van der Waals surface area contributed by atoms with Crippen LogP contribution in [0.5, 0.6) is 0 Å². The van der Waals surface area contributed by atoms with Gasteiger partial charge in [-0.15, -0.1) is 11.3 Å². The van der Waals surface area contributed by atoms with Gasteiger partial charge < -0.3 is 5.32 Å². The molecule has 1 amide bonds. The third-order valence-corrected chi connectivity index (χ3v) is 4.92. The van der Waals surface area contributed by atoms with Crippen LogP contribution in [0.1, 0.15) is 21.8 Å². The second-order valence-electron chi connectivity index (χ2n) is 5.58. The monoisotopic (exact) mass is 379 g/mol. The second kappa shape index (κ2) is 8.65. The van der Waals surface area contributed by atoms with Gasteiger partial charge in [-0.2, -0.15) is 0 Å². The van der Waals surface area contributed by atoms with Crippen LogP contribution in [0.4, 0.5) is 5.69 Å². The van der Waals surface area contributed by atoms with E-state index in [1.54, 1.807) is 11.3 Å². The molecule has 0 fully saturated rings. The Bertz CT molecular complexity index is 952. The maximum Gasteiger partial charge on any atom is 0.234 e. The van der Waals surface area contributed by atoms with Crippen molar-refractivity contribution < 1.29 is 4.79 Å². The summed E-state index contributed by atoms with van der Waals surface area (Å²) in [6.45, 7) is 3.84. The number of thioether (sulfide) groups is 1. The van der Waals surface area contributed by atoms with E-state index in [2.05, 4.69) is 27.1 Å². The second-order valence-corrected chi connectivity index (χ2v) is 7.47. The number of carbonyl (C=O) groups is 1. The Kier molecular flexibility index (Phi) is 6.05. The summed E-state index contributed by atoms with van der Waals surface area (Å²) in [7, 11) is 0. The molecule has 0 atom stereocenters. The molecule has 0 aliphatic carbocycles. The molecule has 0 bridgehead atoms. The third kappa shape index (κ3) is 5.45. The van der Waals surface area contributed by atoms with Crippen LogP contribution in [-0.2, 0) is 4.79 Å². The lowest BCUT2D eigenvalue weighted by molar-refractivity contribution is -0.113. The molecule has 0 saturated heterocycles. The van der Waals surface area contributed by atoms with Crippen molar-refractivity contribution in [3.8, 4) is 11.8 Å². The Balaban J connectivity index is 1.59. The number of carbonyl (C=O) groups excluding carboxylic acids is 1. The van der Waals surface area contributed by atoms with Gasteiger partial charge in [0.25, 0.3) is 0 Å². The van der Waals surface area contributed by atoms with Gasteiger partial charge in [-0.25, -0.2) is 9.97 Å². The van der Waals surface area contributed by atoms with Crippen LogP contribution in [0.2, 0.25) is 0 Å². The van der Waals surface area contributed by atoms with Crippen molar-refractivity contribution in [2.24, 2.45) is 0 Å². The normalized spacial score (nSPS) is 10.1. The van der Waals surface area contributed by atoms with E-state index in [0.717, 1.165) is 27.5 Å². The third-order valence-electron chi connectivity index (χ3n) is 3.29. The highest BCUT2D eigenvalue weighted by atomic mass is 32.2.